The molecule has 2 unspecified atom stereocenters. The Balaban J connectivity index is 1.66. The van der Waals surface area contributed by atoms with Crippen molar-refractivity contribution in [3.63, 3.8) is 0 Å². The van der Waals surface area contributed by atoms with Gasteiger partial charge in [-0.3, -0.25) is 5.32 Å². The first kappa shape index (κ1) is 11.8. The Labute approximate surface area is 98.9 Å². The van der Waals surface area contributed by atoms with Crippen molar-refractivity contribution in [1.82, 2.24) is 5.32 Å². The molecule has 1 aliphatic heterocycles. The fourth-order valence-electron chi connectivity index (χ4n) is 3.05. The van der Waals surface area contributed by atoms with E-state index in [1.54, 1.807) is 0 Å². The third kappa shape index (κ3) is 2.19. The number of hydrogen-bond acceptors (Lipinski definition) is 2. The number of hydrogen-bond donors (Lipinski definition) is 1. The largest absolute Gasteiger partial charge is 0.391 e. The van der Waals surface area contributed by atoms with Crippen LogP contribution in [-0.4, -0.2) is 25.1 Å². The lowest BCUT2D eigenvalue weighted by Gasteiger charge is -2.46. The zero-order valence-electron chi connectivity index (χ0n) is 9.78. The lowest BCUT2D eigenvalue weighted by Crippen LogP contribution is -2.58. The fourth-order valence-corrected chi connectivity index (χ4v) is 3.05. The summed E-state index contributed by atoms with van der Waals surface area (Å²) in [5, 5.41) is 3.27. The lowest BCUT2D eigenvalue weighted by atomic mass is 9.81. The Bertz CT molecular complexity index is 301. The molecule has 0 aromatic heterocycles. The van der Waals surface area contributed by atoms with Crippen molar-refractivity contribution >= 4 is 0 Å². The second-order valence-electron chi connectivity index (χ2n) is 5.97. The Kier molecular flexibility index (Phi) is 2.50. The summed E-state index contributed by atoms with van der Waals surface area (Å²) in [6.45, 7) is 1.47. The molecule has 1 heterocycles. The molecule has 2 nitrogen and oxygen atoms in total. The van der Waals surface area contributed by atoms with Gasteiger partial charge in [-0.1, -0.05) is 0 Å². The molecular formula is C12H18F3NO. The predicted octanol–water partition coefficient (Wildman–Crippen LogP) is 2.84. The van der Waals surface area contributed by atoms with Crippen LogP contribution in [0, 0.1) is 11.3 Å². The zero-order chi connectivity index (χ0) is 12.1. The van der Waals surface area contributed by atoms with Crippen molar-refractivity contribution in [3.05, 3.63) is 0 Å². The van der Waals surface area contributed by atoms with Crippen LogP contribution < -0.4 is 5.32 Å². The van der Waals surface area contributed by atoms with Gasteiger partial charge in [-0.15, -0.1) is 0 Å². The molecule has 1 saturated heterocycles. The summed E-state index contributed by atoms with van der Waals surface area (Å²) in [6, 6.07) is 0. The monoisotopic (exact) mass is 249 g/mol. The van der Waals surface area contributed by atoms with Crippen LogP contribution in [0.4, 0.5) is 13.2 Å². The Morgan fingerprint density at radius 3 is 2.47 bits per heavy atom. The Morgan fingerprint density at radius 2 is 1.94 bits per heavy atom. The molecule has 2 aliphatic carbocycles. The molecule has 3 fully saturated rings. The van der Waals surface area contributed by atoms with Gasteiger partial charge in [0.1, 0.15) is 5.72 Å². The molecule has 0 radical (unpaired) electrons. The zero-order valence-corrected chi connectivity index (χ0v) is 9.78. The number of halogens is 3. The maximum Gasteiger partial charge on any atom is 0.391 e. The predicted molar refractivity (Wildman–Crippen MR) is 56.4 cm³/mol. The van der Waals surface area contributed by atoms with Gasteiger partial charge in [0.2, 0.25) is 0 Å². The summed E-state index contributed by atoms with van der Waals surface area (Å²) in [4.78, 5) is 0. The van der Waals surface area contributed by atoms with E-state index in [1.165, 1.54) is 0 Å². The molecular weight excluding hydrogens is 231 g/mol. The van der Waals surface area contributed by atoms with Crippen molar-refractivity contribution in [1.29, 1.82) is 0 Å². The molecule has 3 aliphatic rings. The summed E-state index contributed by atoms with van der Waals surface area (Å²) in [5.74, 6) is -1.20. The quantitative estimate of drug-likeness (QED) is 0.712. The maximum absolute atomic E-state index is 12.8. The molecule has 0 amide bonds. The summed E-state index contributed by atoms with van der Waals surface area (Å²) in [7, 11) is 0. The highest BCUT2D eigenvalue weighted by Crippen LogP contribution is 2.51. The number of alkyl halides is 3. The van der Waals surface area contributed by atoms with Gasteiger partial charge < -0.3 is 4.74 Å². The van der Waals surface area contributed by atoms with Crippen LogP contribution in [-0.2, 0) is 4.74 Å². The molecule has 2 spiro atoms. The van der Waals surface area contributed by atoms with Crippen LogP contribution in [0.25, 0.3) is 0 Å². The highest BCUT2D eigenvalue weighted by Gasteiger charge is 2.54. The minimum atomic E-state index is -4.08. The number of rotatable bonds is 0. The van der Waals surface area contributed by atoms with Crippen LogP contribution in [0.2, 0.25) is 0 Å². The topological polar surface area (TPSA) is 21.3 Å². The van der Waals surface area contributed by atoms with E-state index >= 15 is 0 Å². The summed E-state index contributed by atoms with van der Waals surface area (Å²) in [5.41, 5.74) is -0.428. The summed E-state index contributed by atoms with van der Waals surface area (Å²) >= 11 is 0. The average molecular weight is 249 g/mol. The van der Waals surface area contributed by atoms with Crippen molar-refractivity contribution < 1.29 is 17.9 Å². The first-order valence-corrected chi connectivity index (χ1v) is 6.39. The van der Waals surface area contributed by atoms with Crippen molar-refractivity contribution in [3.8, 4) is 0 Å². The number of ether oxygens (including phenoxy) is 1. The second-order valence-corrected chi connectivity index (χ2v) is 5.97. The molecule has 0 aromatic rings. The van der Waals surface area contributed by atoms with Gasteiger partial charge in [-0.05, 0) is 32.1 Å². The second kappa shape index (κ2) is 3.60. The van der Waals surface area contributed by atoms with Gasteiger partial charge >= 0.3 is 6.18 Å². The molecule has 3 rings (SSSR count). The summed E-state index contributed by atoms with van der Waals surface area (Å²) < 4.78 is 44.1. The molecule has 0 aromatic carbocycles. The van der Waals surface area contributed by atoms with Crippen LogP contribution in [0.1, 0.15) is 38.5 Å². The van der Waals surface area contributed by atoms with E-state index in [1.807, 2.05) is 0 Å². The van der Waals surface area contributed by atoms with Gasteiger partial charge in [0.15, 0.2) is 0 Å². The third-order valence-electron chi connectivity index (χ3n) is 4.57. The lowest BCUT2D eigenvalue weighted by molar-refractivity contribution is -0.222. The normalized spacial score (nSPS) is 40.8. The smallest absolute Gasteiger partial charge is 0.360 e. The molecule has 98 valence electrons. The molecule has 1 N–H and O–H groups in total. The maximum atomic E-state index is 12.8. The average Bonchev–Trinajstić information content (AvgIpc) is 3.03. The van der Waals surface area contributed by atoms with Gasteiger partial charge in [0, 0.05) is 18.4 Å². The van der Waals surface area contributed by atoms with Gasteiger partial charge in [0.05, 0.1) is 12.5 Å². The van der Waals surface area contributed by atoms with Gasteiger partial charge in [-0.2, -0.15) is 13.2 Å². The van der Waals surface area contributed by atoms with E-state index in [4.69, 9.17) is 4.74 Å². The SMILES string of the molecule is FC(F)(F)C1CCCC2(C1)NCC1(CC1)CO2. The minimum absolute atomic E-state index is 0.0899. The first-order chi connectivity index (χ1) is 7.93. The molecule has 5 heteroatoms. The van der Waals surface area contributed by atoms with Crippen molar-refractivity contribution in [2.75, 3.05) is 13.2 Å². The number of nitrogens with one attached hydrogen (secondary N) is 1. The van der Waals surface area contributed by atoms with Gasteiger partial charge in [-0.25, -0.2) is 0 Å². The summed E-state index contributed by atoms with van der Waals surface area (Å²) in [6.07, 6.45) is -0.113. The third-order valence-corrected chi connectivity index (χ3v) is 4.57. The van der Waals surface area contributed by atoms with E-state index in [0.29, 0.717) is 13.0 Å². The van der Waals surface area contributed by atoms with Crippen LogP contribution >= 0.6 is 0 Å². The van der Waals surface area contributed by atoms with E-state index in [9.17, 15) is 13.2 Å². The van der Waals surface area contributed by atoms with Crippen LogP contribution in [0.15, 0.2) is 0 Å². The van der Waals surface area contributed by atoms with Crippen molar-refractivity contribution in [2.45, 2.75) is 50.4 Å². The first-order valence-electron chi connectivity index (χ1n) is 6.39. The molecule has 2 saturated carbocycles. The van der Waals surface area contributed by atoms with E-state index < -0.39 is 17.8 Å². The molecule has 0 bridgehead atoms. The van der Waals surface area contributed by atoms with E-state index in [-0.39, 0.29) is 18.3 Å². The fraction of sp³-hybridized carbons (Fsp3) is 1.00. The molecule has 17 heavy (non-hydrogen) atoms. The Hall–Kier alpha value is -0.290. The highest BCUT2D eigenvalue weighted by molar-refractivity contribution is 5.02. The van der Waals surface area contributed by atoms with Crippen molar-refractivity contribution in [2.24, 2.45) is 11.3 Å². The van der Waals surface area contributed by atoms with Crippen LogP contribution in [0.3, 0.4) is 0 Å². The van der Waals surface area contributed by atoms with Gasteiger partial charge in [0.25, 0.3) is 0 Å². The van der Waals surface area contributed by atoms with Crippen LogP contribution in [0.5, 0.6) is 0 Å². The Morgan fingerprint density at radius 1 is 1.18 bits per heavy atom. The highest BCUT2D eigenvalue weighted by atomic mass is 19.4. The van der Waals surface area contributed by atoms with E-state index in [0.717, 1.165) is 25.8 Å². The molecule has 2 atom stereocenters. The standard InChI is InChI=1S/C12H18F3NO/c13-12(14,15)9-2-1-3-11(6-9)16-7-10(4-5-10)8-17-11/h9,16H,1-8H2. The van der Waals surface area contributed by atoms with E-state index in [2.05, 4.69) is 5.32 Å². The minimum Gasteiger partial charge on any atom is -0.360 e.